The fourth-order valence-electron chi connectivity index (χ4n) is 1.10. The van der Waals surface area contributed by atoms with Gasteiger partial charge in [0.1, 0.15) is 5.69 Å². The van der Waals surface area contributed by atoms with Crippen LogP contribution in [0.4, 0.5) is 0 Å². The smallest absolute Gasteiger partial charge is 0.109 e. The molecule has 0 bridgehead atoms. The molecule has 0 saturated carbocycles. The zero-order valence-corrected chi connectivity index (χ0v) is 8.63. The van der Waals surface area contributed by atoms with Crippen LogP contribution in [0.3, 0.4) is 0 Å². The summed E-state index contributed by atoms with van der Waals surface area (Å²) in [6, 6.07) is 7.20. The molecule has 14 heavy (non-hydrogen) atoms. The van der Waals surface area contributed by atoms with Gasteiger partial charge < -0.3 is 0 Å². The normalized spacial score (nSPS) is 10.1. The van der Waals surface area contributed by atoms with Crippen molar-refractivity contribution >= 4 is 23.2 Å². The first kappa shape index (κ1) is 9.44. The van der Waals surface area contributed by atoms with E-state index >= 15 is 0 Å². The van der Waals surface area contributed by atoms with Crippen LogP contribution in [0.15, 0.2) is 36.7 Å². The molecule has 0 spiro atoms. The first-order valence-electron chi connectivity index (χ1n) is 4.00. The lowest BCUT2D eigenvalue weighted by Crippen LogP contribution is -1.87. The Morgan fingerprint density at radius 3 is 2.50 bits per heavy atom. The zero-order valence-electron chi connectivity index (χ0n) is 7.11. The Labute approximate surface area is 91.5 Å². The molecule has 2 rings (SSSR count). The molecule has 0 aliphatic heterocycles. The number of rotatable bonds is 1. The molecule has 2 aromatic heterocycles. The monoisotopic (exact) mass is 224 g/mol. The molecule has 4 heteroatoms. The van der Waals surface area contributed by atoms with Crippen LogP contribution >= 0.6 is 23.2 Å². The van der Waals surface area contributed by atoms with Crippen LogP contribution in [-0.4, -0.2) is 9.97 Å². The first-order valence-corrected chi connectivity index (χ1v) is 4.76. The van der Waals surface area contributed by atoms with E-state index in [1.54, 1.807) is 18.5 Å². The Hall–Kier alpha value is -1.12. The second kappa shape index (κ2) is 3.95. The van der Waals surface area contributed by atoms with Gasteiger partial charge in [0.2, 0.25) is 0 Å². The van der Waals surface area contributed by atoms with Crippen LogP contribution in [0.25, 0.3) is 11.4 Å². The zero-order chi connectivity index (χ0) is 9.97. The van der Waals surface area contributed by atoms with Crippen molar-refractivity contribution in [2.45, 2.75) is 0 Å². The Morgan fingerprint density at radius 1 is 0.929 bits per heavy atom. The lowest BCUT2D eigenvalue weighted by Gasteiger charge is -2.02. The molecule has 0 radical (unpaired) electrons. The second-order valence-electron chi connectivity index (χ2n) is 2.67. The van der Waals surface area contributed by atoms with Crippen molar-refractivity contribution in [2.24, 2.45) is 0 Å². The van der Waals surface area contributed by atoms with Gasteiger partial charge in [-0.1, -0.05) is 29.3 Å². The summed E-state index contributed by atoms with van der Waals surface area (Å²) in [4.78, 5) is 8.28. The Morgan fingerprint density at radius 2 is 1.79 bits per heavy atom. The molecule has 2 heterocycles. The van der Waals surface area contributed by atoms with E-state index in [1.165, 1.54) is 0 Å². The standard InChI is InChI=1S/C10H6Cl2N2/c11-7-4-6-14-10(9(7)12)8-3-1-2-5-13-8/h1-6H. The average molecular weight is 225 g/mol. The van der Waals surface area contributed by atoms with Gasteiger partial charge in [0.25, 0.3) is 0 Å². The van der Waals surface area contributed by atoms with Gasteiger partial charge in [-0.05, 0) is 18.2 Å². The van der Waals surface area contributed by atoms with Crippen LogP contribution in [-0.2, 0) is 0 Å². The Bertz CT molecular complexity index is 443. The number of hydrogen-bond donors (Lipinski definition) is 0. The van der Waals surface area contributed by atoms with Crippen LogP contribution in [0.5, 0.6) is 0 Å². The first-order chi connectivity index (χ1) is 6.79. The van der Waals surface area contributed by atoms with E-state index < -0.39 is 0 Å². The fourth-order valence-corrected chi connectivity index (χ4v) is 1.46. The predicted molar refractivity (Wildman–Crippen MR) is 57.5 cm³/mol. The Kier molecular flexibility index (Phi) is 2.66. The van der Waals surface area contributed by atoms with E-state index in [9.17, 15) is 0 Å². The van der Waals surface area contributed by atoms with Crippen LogP contribution in [0, 0.1) is 0 Å². The topological polar surface area (TPSA) is 25.8 Å². The summed E-state index contributed by atoms with van der Waals surface area (Å²) in [5.41, 5.74) is 1.33. The number of aromatic nitrogens is 2. The van der Waals surface area contributed by atoms with Crippen molar-refractivity contribution in [3.8, 4) is 11.4 Å². The molecule has 0 atom stereocenters. The van der Waals surface area contributed by atoms with E-state index in [-0.39, 0.29) is 0 Å². The molecule has 0 amide bonds. The van der Waals surface area contributed by atoms with E-state index in [2.05, 4.69) is 9.97 Å². The third kappa shape index (κ3) is 1.72. The van der Waals surface area contributed by atoms with Crippen molar-refractivity contribution < 1.29 is 0 Å². The molecule has 0 saturated heterocycles. The highest BCUT2D eigenvalue weighted by atomic mass is 35.5. The minimum Gasteiger partial charge on any atom is -0.255 e. The van der Waals surface area contributed by atoms with Crippen molar-refractivity contribution in [1.29, 1.82) is 0 Å². The average Bonchev–Trinajstić information content (AvgIpc) is 2.23. The van der Waals surface area contributed by atoms with Crippen molar-refractivity contribution in [3.05, 3.63) is 46.7 Å². The van der Waals surface area contributed by atoms with Gasteiger partial charge in [-0.15, -0.1) is 0 Å². The molecule has 0 aromatic carbocycles. The fraction of sp³-hybridized carbons (Fsp3) is 0. The molecule has 0 aliphatic rings. The summed E-state index contributed by atoms with van der Waals surface area (Å²) in [6.45, 7) is 0. The SMILES string of the molecule is Clc1ccnc(-c2ccccn2)c1Cl. The largest absolute Gasteiger partial charge is 0.255 e. The summed E-state index contributed by atoms with van der Waals surface area (Å²) in [6.07, 6.45) is 3.30. The molecular formula is C10H6Cl2N2. The molecular weight excluding hydrogens is 219 g/mol. The molecule has 0 unspecified atom stereocenters. The predicted octanol–water partition coefficient (Wildman–Crippen LogP) is 3.45. The molecule has 70 valence electrons. The third-order valence-corrected chi connectivity index (χ3v) is 2.54. The molecule has 0 aliphatic carbocycles. The number of nitrogens with zero attached hydrogens (tertiary/aromatic N) is 2. The maximum atomic E-state index is 5.99. The summed E-state index contributed by atoms with van der Waals surface area (Å²) < 4.78 is 0. The number of halogens is 2. The van der Waals surface area contributed by atoms with Gasteiger partial charge in [0, 0.05) is 12.4 Å². The quantitative estimate of drug-likeness (QED) is 0.742. The number of pyridine rings is 2. The van der Waals surface area contributed by atoms with E-state index in [0.717, 1.165) is 5.69 Å². The van der Waals surface area contributed by atoms with Gasteiger partial charge in [-0.3, -0.25) is 9.97 Å². The molecule has 0 fully saturated rings. The summed E-state index contributed by atoms with van der Waals surface area (Å²) in [7, 11) is 0. The van der Waals surface area contributed by atoms with Crippen molar-refractivity contribution in [1.82, 2.24) is 9.97 Å². The third-order valence-electron chi connectivity index (χ3n) is 1.75. The summed E-state index contributed by atoms with van der Waals surface area (Å²) in [5, 5.41) is 0.926. The van der Waals surface area contributed by atoms with Crippen molar-refractivity contribution in [3.63, 3.8) is 0 Å². The molecule has 2 aromatic rings. The van der Waals surface area contributed by atoms with Crippen molar-refractivity contribution in [2.75, 3.05) is 0 Å². The number of hydrogen-bond acceptors (Lipinski definition) is 2. The minimum absolute atomic E-state index is 0.438. The second-order valence-corrected chi connectivity index (χ2v) is 3.46. The van der Waals surface area contributed by atoms with E-state index in [0.29, 0.717) is 15.7 Å². The highest BCUT2D eigenvalue weighted by Crippen LogP contribution is 2.29. The highest BCUT2D eigenvalue weighted by molar-refractivity contribution is 6.43. The summed E-state index contributed by atoms with van der Waals surface area (Å²) >= 11 is 11.9. The van der Waals surface area contributed by atoms with Gasteiger partial charge in [0.15, 0.2) is 0 Å². The Balaban J connectivity index is 2.58. The van der Waals surface area contributed by atoms with E-state index in [4.69, 9.17) is 23.2 Å². The summed E-state index contributed by atoms with van der Waals surface area (Å²) in [5.74, 6) is 0. The lowest BCUT2D eigenvalue weighted by molar-refractivity contribution is 1.25. The van der Waals surface area contributed by atoms with E-state index in [1.807, 2.05) is 18.2 Å². The highest BCUT2D eigenvalue weighted by Gasteiger charge is 2.08. The van der Waals surface area contributed by atoms with Crippen LogP contribution in [0.2, 0.25) is 10.0 Å². The van der Waals surface area contributed by atoms with Crippen LogP contribution in [0.1, 0.15) is 0 Å². The minimum atomic E-state index is 0.438. The van der Waals surface area contributed by atoms with Gasteiger partial charge in [-0.25, -0.2) is 0 Å². The van der Waals surface area contributed by atoms with Crippen LogP contribution < -0.4 is 0 Å². The maximum absolute atomic E-state index is 5.99. The van der Waals surface area contributed by atoms with Gasteiger partial charge >= 0.3 is 0 Å². The molecule has 2 nitrogen and oxygen atoms in total. The van der Waals surface area contributed by atoms with Gasteiger partial charge in [-0.2, -0.15) is 0 Å². The lowest BCUT2D eigenvalue weighted by atomic mass is 10.2. The maximum Gasteiger partial charge on any atom is 0.109 e. The molecule has 0 N–H and O–H groups in total. The van der Waals surface area contributed by atoms with Gasteiger partial charge in [0.05, 0.1) is 15.7 Å².